The summed E-state index contributed by atoms with van der Waals surface area (Å²) in [7, 11) is -3.40. The minimum atomic E-state index is -3.40. The number of piperidine rings is 1. The lowest BCUT2D eigenvalue weighted by atomic mass is 9.95. The lowest BCUT2D eigenvalue weighted by molar-refractivity contribution is 0.220. The molecule has 0 amide bonds. The van der Waals surface area contributed by atoms with E-state index in [2.05, 4.69) is 6.92 Å². The van der Waals surface area contributed by atoms with Gasteiger partial charge in [-0.05, 0) is 43.6 Å². The van der Waals surface area contributed by atoms with Gasteiger partial charge in [0.1, 0.15) is 4.90 Å². The van der Waals surface area contributed by atoms with Gasteiger partial charge >= 0.3 is 0 Å². The second-order valence-corrected chi connectivity index (χ2v) is 8.26. The zero-order valence-corrected chi connectivity index (χ0v) is 13.4. The van der Waals surface area contributed by atoms with Crippen LogP contribution in [-0.4, -0.2) is 25.3 Å². The van der Waals surface area contributed by atoms with E-state index in [-0.39, 0.29) is 12.6 Å². The third-order valence-electron chi connectivity index (χ3n) is 3.82. The number of rotatable bonds is 3. The van der Waals surface area contributed by atoms with Crippen LogP contribution < -0.4 is 5.73 Å². The second-order valence-electron chi connectivity index (χ2n) is 5.47. The molecule has 19 heavy (non-hydrogen) atoms. The van der Waals surface area contributed by atoms with Crippen LogP contribution in [0.3, 0.4) is 0 Å². The summed E-state index contributed by atoms with van der Waals surface area (Å²) >= 11 is 1.44. The fourth-order valence-electron chi connectivity index (χ4n) is 2.83. The van der Waals surface area contributed by atoms with E-state index in [0.717, 1.165) is 23.3 Å². The highest BCUT2D eigenvalue weighted by Crippen LogP contribution is 2.33. The number of hydrogen-bond donors (Lipinski definition) is 1. The number of nitrogens with zero attached hydrogens (tertiary/aromatic N) is 1. The maximum atomic E-state index is 12.8. The molecule has 2 N–H and O–H groups in total. The summed E-state index contributed by atoms with van der Waals surface area (Å²) in [6, 6.07) is 0.0682. The summed E-state index contributed by atoms with van der Waals surface area (Å²) in [4.78, 5) is 1.21. The molecule has 1 saturated heterocycles. The molecule has 0 saturated carbocycles. The third kappa shape index (κ3) is 2.72. The van der Waals surface area contributed by atoms with Crippen LogP contribution in [0.4, 0.5) is 0 Å². The Morgan fingerprint density at radius 3 is 2.74 bits per heavy atom. The van der Waals surface area contributed by atoms with Crippen molar-refractivity contribution < 1.29 is 8.42 Å². The molecule has 2 atom stereocenters. The highest BCUT2D eigenvalue weighted by Gasteiger charge is 2.35. The Morgan fingerprint density at radius 1 is 1.47 bits per heavy atom. The molecule has 0 spiro atoms. The molecule has 1 aliphatic rings. The van der Waals surface area contributed by atoms with Crippen LogP contribution in [0.25, 0.3) is 0 Å². The van der Waals surface area contributed by atoms with E-state index >= 15 is 0 Å². The highest BCUT2D eigenvalue weighted by atomic mass is 32.2. The fraction of sp³-hybridized carbons (Fsp3) is 0.692. The molecule has 2 heterocycles. The first kappa shape index (κ1) is 15.0. The van der Waals surface area contributed by atoms with Gasteiger partial charge in [-0.1, -0.05) is 6.92 Å². The molecule has 6 heteroatoms. The van der Waals surface area contributed by atoms with Crippen molar-refractivity contribution in [1.82, 2.24) is 4.31 Å². The second kappa shape index (κ2) is 5.52. The highest BCUT2D eigenvalue weighted by molar-refractivity contribution is 7.89. The number of thiophene rings is 1. The number of nitrogens with two attached hydrogens (primary N) is 1. The van der Waals surface area contributed by atoms with Crippen molar-refractivity contribution in [2.24, 2.45) is 11.7 Å². The standard InChI is InChI=1S/C13H22N2O2S2/c1-9-4-5-15(11(3)6-9)19(16,17)13-10(2)8-18-12(13)7-14/h8-9,11H,4-7,14H2,1-3H3. The lowest BCUT2D eigenvalue weighted by Crippen LogP contribution is -2.44. The largest absolute Gasteiger partial charge is 0.326 e. The van der Waals surface area contributed by atoms with E-state index < -0.39 is 10.0 Å². The molecular weight excluding hydrogens is 280 g/mol. The number of sulfonamides is 1. The van der Waals surface area contributed by atoms with E-state index in [4.69, 9.17) is 5.73 Å². The predicted octanol–water partition coefficient (Wildman–Crippen LogP) is 2.32. The van der Waals surface area contributed by atoms with Crippen molar-refractivity contribution in [2.45, 2.75) is 51.1 Å². The molecule has 108 valence electrons. The van der Waals surface area contributed by atoms with Crippen LogP contribution in [0, 0.1) is 12.8 Å². The summed E-state index contributed by atoms with van der Waals surface area (Å²) in [6.45, 7) is 6.92. The van der Waals surface area contributed by atoms with Crippen molar-refractivity contribution in [2.75, 3.05) is 6.54 Å². The Balaban J connectivity index is 2.39. The van der Waals surface area contributed by atoms with Gasteiger partial charge in [-0.25, -0.2) is 8.42 Å². The van der Waals surface area contributed by atoms with Crippen LogP contribution in [-0.2, 0) is 16.6 Å². The van der Waals surface area contributed by atoms with E-state index in [0.29, 0.717) is 17.4 Å². The molecule has 0 aromatic carbocycles. The van der Waals surface area contributed by atoms with Crippen molar-refractivity contribution in [3.8, 4) is 0 Å². The van der Waals surface area contributed by atoms with Gasteiger partial charge in [0.2, 0.25) is 10.0 Å². The maximum absolute atomic E-state index is 12.8. The van der Waals surface area contributed by atoms with Crippen molar-refractivity contribution in [1.29, 1.82) is 0 Å². The van der Waals surface area contributed by atoms with Gasteiger partial charge < -0.3 is 5.73 Å². The Labute approximate surface area is 119 Å². The fourth-order valence-corrected chi connectivity index (χ4v) is 6.15. The Morgan fingerprint density at radius 2 is 2.16 bits per heavy atom. The zero-order valence-electron chi connectivity index (χ0n) is 11.7. The van der Waals surface area contributed by atoms with Gasteiger partial charge in [0.15, 0.2) is 0 Å². The first-order valence-corrected chi connectivity index (χ1v) is 8.98. The van der Waals surface area contributed by atoms with Gasteiger partial charge in [-0.2, -0.15) is 4.31 Å². The van der Waals surface area contributed by atoms with Crippen LogP contribution in [0.1, 0.15) is 37.1 Å². The topological polar surface area (TPSA) is 63.4 Å². The molecule has 1 aliphatic heterocycles. The number of aryl methyl sites for hydroxylation is 1. The minimum Gasteiger partial charge on any atom is -0.326 e. The van der Waals surface area contributed by atoms with Crippen molar-refractivity contribution >= 4 is 21.4 Å². The molecule has 1 fully saturated rings. The summed E-state index contributed by atoms with van der Waals surface area (Å²) in [6.07, 6.45) is 1.87. The van der Waals surface area contributed by atoms with Gasteiger partial charge in [0.05, 0.1) is 0 Å². The summed E-state index contributed by atoms with van der Waals surface area (Å²) in [5, 5.41) is 1.88. The van der Waals surface area contributed by atoms with Crippen molar-refractivity contribution in [3.05, 3.63) is 15.8 Å². The normalized spacial score (nSPS) is 25.7. The minimum absolute atomic E-state index is 0.0682. The number of hydrogen-bond acceptors (Lipinski definition) is 4. The monoisotopic (exact) mass is 302 g/mol. The van der Waals surface area contributed by atoms with Gasteiger partial charge in [0, 0.05) is 24.0 Å². The van der Waals surface area contributed by atoms with E-state index in [9.17, 15) is 8.42 Å². The van der Waals surface area contributed by atoms with Crippen LogP contribution in [0.15, 0.2) is 10.3 Å². The first-order chi connectivity index (χ1) is 8.87. The summed E-state index contributed by atoms with van der Waals surface area (Å²) in [5.74, 6) is 0.596. The molecule has 0 aliphatic carbocycles. The van der Waals surface area contributed by atoms with Crippen LogP contribution in [0.5, 0.6) is 0 Å². The SMILES string of the molecule is Cc1csc(CN)c1S(=O)(=O)N1CCC(C)CC1C. The molecule has 0 radical (unpaired) electrons. The Kier molecular flexibility index (Phi) is 4.35. The van der Waals surface area contributed by atoms with Crippen LogP contribution >= 0.6 is 11.3 Å². The van der Waals surface area contributed by atoms with Crippen molar-refractivity contribution in [3.63, 3.8) is 0 Å². The van der Waals surface area contributed by atoms with Gasteiger partial charge in [-0.15, -0.1) is 11.3 Å². The molecular formula is C13H22N2O2S2. The first-order valence-electron chi connectivity index (χ1n) is 6.66. The molecule has 2 unspecified atom stereocenters. The summed E-state index contributed by atoms with van der Waals surface area (Å²) < 4.78 is 27.3. The smallest absolute Gasteiger partial charge is 0.244 e. The predicted molar refractivity (Wildman–Crippen MR) is 78.7 cm³/mol. The Bertz CT molecular complexity index is 551. The Hall–Kier alpha value is -0.430. The molecule has 4 nitrogen and oxygen atoms in total. The van der Waals surface area contributed by atoms with E-state index in [1.54, 1.807) is 4.31 Å². The van der Waals surface area contributed by atoms with E-state index in [1.807, 2.05) is 19.2 Å². The van der Waals surface area contributed by atoms with Gasteiger partial charge in [-0.3, -0.25) is 0 Å². The quantitative estimate of drug-likeness (QED) is 0.932. The summed E-state index contributed by atoms with van der Waals surface area (Å²) in [5.41, 5.74) is 6.49. The average molecular weight is 302 g/mol. The third-order valence-corrected chi connectivity index (χ3v) is 7.32. The van der Waals surface area contributed by atoms with Crippen LogP contribution in [0.2, 0.25) is 0 Å². The van der Waals surface area contributed by atoms with Gasteiger partial charge in [0.25, 0.3) is 0 Å². The maximum Gasteiger partial charge on any atom is 0.244 e. The molecule has 1 aromatic rings. The molecule has 2 rings (SSSR count). The molecule has 1 aromatic heterocycles. The molecule has 0 bridgehead atoms. The lowest BCUT2D eigenvalue weighted by Gasteiger charge is -2.35. The average Bonchev–Trinajstić information content (AvgIpc) is 2.70. The van der Waals surface area contributed by atoms with E-state index in [1.165, 1.54) is 11.3 Å². The zero-order chi connectivity index (χ0) is 14.2.